The molecule has 0 aliphatic heterocycles. The first kappa shape index (κ1) is 11.3. The molecule has 0 fully saturated rings. The van der Waals surface area contributed by atoms with Gasteiger partial charge < -0.3 is 4.74 Å². The second-order valence-corrected chi connectivity index (χ2v) is 3.90. The summed E-state index contributed by atoms with van der Waals surface area (Å²) < 4.78 is 5.52. The predicted molar refractivity (Wildman–Crippen MR) is 56.8 cm³/mol. The molecule has 0 amide bonds. The lowest BCUT2D eigenvalue weighted by Crippen LogP contribution is -2.09. The number of nitriles is 1. The number of ether oxygens (including phenoxy) is 1. The average Bonchev–Trinajstić information content (AvgIpc) is 2.20. The molecule has 0 aromatic rings. The summed E-state index contributed by atoms with van der Waals surface area (Å²) in [4.78, 5) is 0. The van der Waals surface area contributed by atoms with Crippen LogP contribution in [0.2, 0.25) is 0 Å². The lowest BCUT2D eigenvalue weighted by molar-refractivity contribution is 0.0711. The quantitative estimate of drug-likeness (QED) is 0.628. The van der Waals surface area contributed by atoms with Crippen molar-refractivity contribution in [2.24, 2.45) is 0 Å². The Labute approximate surface area is 86.6 Å². The van der Waals surface area contributed by atoms with Gasteiger partial charge in [0.05, 0.1) is 25.2 Å². The van der Waals surface area contributed by atoms with Crippen LogP contribution in [0.15, 0.2) is 11.6 Å². The zero-order valence-electron chi connectivity index (χ0n) is 8.96. The van der Waals surface area contributed by atoms with Crippen molar-refractivity contribution in [2.45, 2.75) is 51.6 Å². The molecule has 0 aromatic heterocycles. The van der Waals surface area contributed by atoms with E-state index in [1.165, 1.54) is 25.7 Å². The van der Waals surface area contributed by atoms with Gasteiger partial charge in [0.1, 0.15) is 0 Å². The Morgan fingerprint density at radius 3 is 3.07 bits per heavy atom. The highest BCUT2D eigenvalue weighted by Gasteiger charge is 2.05. The van der Waals surface area contributed by atoms with E-state index in [1.807, 2.05) is 6.92 Å². The summed E-state index contributed by atoms with van der Waals surface area (Å²) in [5, 5.41) is 8.44. The van der Waals surface area contributed by atoms with E-state index in [4.69, 9.17) is 10.00 Å². The highest BCUT2D eigenvalue weighted by Crippen LogP contribution is 2.20. The Kier molecular flexibility index (Phi) is 5.32. The molecule has 0 saturated heterocycles. The van der Waals surface area contributed by atoms with Crippen molar-refractivity contribution < 1.29 is 4.74 Å². The standard InChI is InChI=1S/C12H19NO/c1-11(7-9-13)14-10-8-12-5-3-2-4-6-12/h5,11H,2-4,6-8,10H2,1H3. The highest BCUT2D eigenvalue weighted by atomic mass is 16.5. The monoisotopic (exact) mass is 193 g/mol. The number of nitrogens with zero attached hydrogens (tertiary/aromatic N) is 1. The molecular formula is C12H19NO. The van der Waals surface area contributed by atoms with Crippen molar-refractivity contribution in [3.8, 4) is 6.07 Å². The first-order chi connectivity index (χ1) is 6.83. The van der Waals surface area contributed by atoms with Crippen LogP contribution in [0.3, 0.4) is 0 Å². The lowest BCUT2D eigenvalue weighted by Gasteiger charge is -2.14. The molecule has 0 bridgehead atoms. The zero-order chi connectivity index (χ0) is 10.2. The van der Waals surface area contributed by atoms with E-state index in [9.17, 15) is 0 Å². The molecule has 78 valence electrons. The molecule has 1 rings (SSSR count). The predicted octanol–water partition coefficient (Wildman–Crippen LogP) is 3.20. The van der Waals surface area contributed by atoms with E-state index >= 15 is 0 Å². The van der Waals surface area contributed by atoms with Crippen LogP contribution in [-0.2, 0) is 4.74 Å². The highest BCUT2D eigenvalue weighted by molar-refractivity contribution is 5.04. The molecule has 1 atom stereocenters. The maximum atomic E-state index is 8.44. The molecule has 0 radical (unpaired) electrons. The van der Waals surface area contributed by atoms with Gasteiger partial charge in [0.25, 0.3) is 0 Å². The summed E-state index contributed by atoms with van der Waals surface area (Å²) in [5.74, 6) is 0. The van der Waals surface area contributed by atoms with Crippen molar-refractivity contribution in [2.75, 3.05) is 6.61 Å². The van der Waals surface area contributed by atoms with E-state index in [-0.39, 0.29) is 6.10 Å². The Bertz CT molecular complexity index is 227. The molecule has 1 unspecified atom stereocenters. The first-order valence-corrected chi connectivity index (χ1v) is 5.49. The van der Waals surface area contributed by atoms with E-state index in [0.717, 1.165) is 13.0 Å². The van der Waals surface area contributed by atoms with E-state index < -0.39 is 0 Å². The average molecular weight is 193 g/mol. The number of allylic oxidation sites excluding steroid dienone is 1. The minimum absolute atomic E-state index is 0.0872. The largest absolute Gasteiger partial charge is 0.377 e. The summed E-state index contributed by atoms with van der Waals surface area (Å²) in [6, 6.07) is 2.12. The van der Waals surface area contributed by atoms with Gasteiger partial charge in [0.2, 0.25) is 0 Å². The fraction of sp³-hybridized carbons (Fsp3) is 0.750. The van der Waals surface area contributed by atoms with Crippen molar-refractivity contribution in [1.82, 2.24) is 0 Å². The normalized spacial score (nSPS) is 18.4. The Balaban J connectivity index is 2.08. The fourth-order valence-corrected chi connectivity index (χ4v) is 1.71. The van der Waals surface area contributed by atoms with E-state index in [1.54, 1.807) is 5.57 Å². The second kappa shape index (κ2) is 6.62. The zero-order valence-corrected chi connectivity index (χ0v) is 8.96. The van der Waals surface area contributed by atoms with Crippen LogP contribution in [0.25, 0.3) is 0 Å². The van der Waals surface area contributed by atoms with Gasteiger partial charge in [-0.2, -0.15) is 5.26 Å². The lowest BCUT2D eigenvalue weighted by atomic mass is 9.98. The number of hydrogen-bond donors (Lipinski definition) is 0. The number of hydrogen-bond acceptors (Lipinski definition) is 2. The Hall–Kier alpha value is -0.810. The first-order valence-electron chi connectivity index (χ1n) is 5.49. The third-order valence-corrected chi connectivity index (χ3v) is 2.59. The van der Waals surface area contributed by atoms with Gasteiger partial charge in [-0.05, 0) is 39.0 Å². The molecule has 1 aliphatic carbocycles. The minimum Gasteiger partial charge on any atom is -0.377 e. The van der Waals surface area contributed by atoms with Crippen LogP contribution < -0.4 is 0 Å². The van der Waals surface area contributed by atoms with Gasteiger partial charge in [-0.15, -0.1) is 0 Å². The van der Waals surface area contributed by atoms with Gasteiger partial charge in [0.15, 0.2) is 0 Å². The van der Waals surface area contributed by atoms with Crippen molar-refractivity contribution in [3.63, 3.8) is 0 Å². The van der Waals surface area contributed by atoms with Crippen LogP contribution in [0.5, 0.6) is 0 Å². The van der Waals surface area contributed by atoms with Crippen LogP contribution in [0.4, 0.5) is 0 Å². The molecule has 0 N–H and O–H groups in total. The molecule has 14 heavy (non-hydrogen) atoms. The third-order valence-electron chi connectivity index (χ3n) is 2.59. The van der Waals surface area contributed by atoms with Gasteiger partial charge in [0, 0.05) is 0 Å². The molecule has 2 heteroatoms. The fourth-order valence-electron chi connectivity index (χ4n) is 1.71. The smallest absolute Gasteiger partial charge is 0.0676 e. The van der Waals surface area contributed by atoms with Crippen LogP contribution >= 0.6 is 0 Å². The van der Waals surface area contributed by atoms with Gasteiger partial charge in [-0.25, -0.2) is 0 Å². The second-order valence-electron chi connectivity index (χ2n) is 3.90. The number of rotatable bonds is 5. The molecule has 0 aromatic carbocycles. The molecule has 1 aliphatic rings. The van der Waals surface area contributed by atoms with Gasteiger partial charge in [-0.3, -0.25) is 0 Å². The summed E-state index contributed by atoms with van der Waals surface area (Å²) >= 11 is 0. The van der Waals surface area contributed by atoms with Crippen molar-refractivity contribution in [3.05, 3.63) is 11.6 Å². The molecule has 0 saturated carbocycles. The van der Waals surface area contributed by atoms with Crippen LogP contribution in [0, 0.1) is 11.3 Å². The van der Waals surface area contributed by atoms with Crippen LogP contribution in [-0.4, -0.2) is 12.7 Å². The SMILES string of the molecule is CC(CC#N)OCCC1=CCCCC1. The molecule has 2 nitrogen and oxygen atoms in total. The van der Waals surface area contributed by atoms with Crippen molar-refractivity contribution >= 4 is 0 Å². The topological polar surface area (TPSA) is 33.0 Å². The molecule has 0 spiro atoms. The minimum atomic E-state index is 0.0872. The summed E-state index contributed by atoms with van der Waals surface area (Å²) in [5.41, 5.74) is 1.54. The maximum absolute atomic E-state index is 8.44. The maximum Gasteiger partial charge on any atom is 0.0676 e. The summed E-state index contributed by atoms with van der Waals surface area (Å²) in [7, 11) is 0. The third kappa shape index (κ3) is 4.43. The Morgan fingerprint density at radius 2 is 2.43 bits per heavy atom. The van der Waals surface area contributed by atoms with Gasteiger partial charge >= 0.3 is 0 Å². The van der Waals surface area contributed by atoms with Gasteiger partial charge in [-0.1, -0.05) is 11.6 Å². The van der Waals surface area contributed by atoms with E-state index in [2.05, 4.69) is 12.1 Å². The molecular weight excluding hydrogens is 174 g/mol. The summed E-state index contributed by atoms with van der Waals surface area (Å²) in [6.07, 6.45) is 9.15. The van der Waals surface area contributed by atoms with Crippen LogP contribution in [0.1, 0.15) is 45.4 Å². The van der Waals surface area contributed by atoms with Crippen molar-refractivity contribution in [1.29, 1.82) is 5.26 Å². The Morgan fingerprint density at radius 1 is 1.57 bits per heavy atom. The van der Waals surface area contributed by atoms with E-state index in [0.29, 0.717) is 6.42 Å². The summed E-state index contributed by atoms with van der Waals surface area (Å²) in [6.45, 7) is 2.73. The molecule has 0 heterocycles.